The summed E-state index contributed by atoms with van der Waals surface area (Å²) in [6.07, 6.45) is -0.154. The zero-order chi connectivity index (χ0) is 24.8. The van der Waals surface area contributed by atoms with Crippen molar-refractivity contribution in [2.24, 2.45) is 0 Å². The highest BCUT2D eigenvalue weighted by molar-refractivity contribution is 6.12. The van der Waals surface area contributed by atoms with Crippen LogP contribution >= 0.6 is 0 Å². The number of Topliss-reactive ketones (excluding diaryl/α,β-unsaturated/α-hetero) is 1. The number of carboxylic acid groups (broad SMARTS) is 1. The second-order valence-electron chi connectivity index (χ2n) is 7.61. The summed E-state index contributed by atoms with van der Waals surface area (Å²) in [6.45, 7) is 0. The van der Waals surface area contributed by atoms with Gasteiger partial charge in [-0.2, -0.15) is 0 Å². The average Bonchev–Trinajstić information content (AvgIpc) is 2.86. The molecule has 0 radical (unpaired) electrons. The Morgan fingerprint density at radius 2 is 1.60 bits per heavy atom. The van der Waals surface area contributed by atoms with Gasteiger partial charge in [0.1, 0.15) is 5.82 Å². The van der Waals surface area contributed by atoms with Crippen molar-refractivity contribution in [3.63, 3.8) is 0 Å². The van der Waals surface area contributed by atoms with E-state index in [2.05, 4.69) is 15.6 Å². The smallest absolute Gasteiger partial charge is 0.409 e. The number of hydrogen-bond donors (Lipinski definition) is 3. The molecule has 0 aliphatic carbocycles. The molecule has 3 N–H and O–H groups in total. The Balaban J connectivity index is 1.55. The van der Waals surface area contributed by atoms with Gasteiger partial charge in [-0.15, -0.1) is 0 Å². The number of nitrogens with zero attached hydrogens (tertiary/aromatic N) is 1. The number of carbonyl (C=O) groups excluding carboxylic acids is 2. The van der Waals surface area contributed by atoms with Gasteiger partial charge in [-0.1, -0.05) is 48.5 Å². The Labute approximate surface area is 200 Å². The number of nitrogens with one attached hydrogen (secondary N) is 2. The maximum Gasteiger partial charge on any atom is 0.409 e. The Kier molecular flexibility index (Phi) is 6.92. The van der Waals surface area contributed by atoms with Crippen molar-refractivity contribution < 1.29 is 23.9 Å². The maximum atomic E-state index is 14.2. The van der Waals surface area contributed by atoms with E-state index in [9.17, 15) is 18.8 Å². The zero-order valence-electron chi connectivity index (χ0n) is 18.4. The predicted molar refractivity (Wildman–Crippen MR) is 131 cm³/mol. The van der Waals surface area contributed by atoms with Gasteiger partial charge in [-0.25, -0.2) is 9.18 Å². The molecule has 0 saturated heterocycles. The summed E-state index contributed by atoms with van der Waals surface area (Å²) in [5.41, 5.74) is 2.69. The van der Waals surface area contributed by atoms with E-state index in [-0.39, 0.29) is 16.9 Å². The molecule has 0 unspecified atom stereocenters. The predicted octanol–water partition coefficient (Wildman–Crippen LogP) is 5.86. The van der Waals surface area contributed by atoms with Crippen LogP contribution in [0.4, 0.5) is 20.6 Å². The van der Waals surface area contributed by atoms with Crippen LogP contribution in [0.2, 0.25) is 0 Å². The molecule has 0 atom stereocenters. The molecule has 1 heterocycles. The van der Waals surface area contributed by atoms with Gasteiger partial charge in [0, 0.05) is 22.9 Å². The lowest BCUT2D eigenvalue weighted by Crippen LogP contribution is -2.18. The third-order valence-corrected chi connectivity index (χ3v) is 5.19. The van der Waals surface area contributed by atoms with Crippen LogP contribution in [0, 0.1) is 5.82 Å². The van der Waals surface area contributed by atoms with Crippen LogP contribution in [-0.2, 0) is 4.79 Å². The molecule has 35 heavy (non-hydrogen) atoms. The second-order valence-corrected chi connectivity index (χ2v) is 7.61. The molecular weight excluding hydrogens is 449 g/mol. The number of anilines is 2. The van der Waals surface area contributed by atoms with Crippen molar-refractivity contribution in [2.75, 3.05) is 10.6 Å². The zero-order valence-corrected chi connectivity index (χ0v) is 18.4. The number of aromatic nitrogens is 1. The number of carbonyl (C=O) groups is 3. The molecule has 4 rings (SSSR count). The molecule has 0 aliphatic heterocycles. The fourth-order valence-electron chi connectivity index (χ4n) is 3.56. The van der Waals surface area contributed by atoms with Gasteiger partial charge in [0.15, 0.2) is 5.78 Å². The van der Waals surface area contributed by atoms with Gasteiger partial charge in [-0.3, -0.25) is 19.9 Å². The summed E-state index contributed by atoms with van der Waals surface area (Å²) in [5, 5.41) is 13.9. The molecule has 8 heteroatoms. The van der Waals surface area contributed by atoms with Crippen molar-refractivity contribution in [1.29, 1.82) is 0 Å². The maximum absolute atomic E-state index is 14.2. The summed E-state index contributed by atoms with van der Waals surface area (Å²) >= 11 is 0. The first kappa shape index (κ1) is 23.3. The molecule has 174 valence electrons. The number of benzene rings is 3. The van der Waals surface area contributed by atoms with Crippen molar-refractivity contribution in [3.05, 3.63) is 103 Å². The standard InChI is InChI=1S/C27H20FN3O4/c28-21-9-2-1-8-20(21)17-11-12-23(31-27(34)35)24(15-17)30-26(33)16-25(32)19-7-5-6-18(14-19)22-10-3-4-13-29-22/h1-15,31H,16H2,(H,30,33)(H,34,35). The van der Waals surface area contributed by atoms with Gasteiger partial charge in [-0.05, 0) is 42.0 Å². The fourth-order valence-corrected chi connectivity index (χ4v) is 3.56. The van der Waals surface area contributed by atoms with Crippen LogP contribution < -0.4 is 10.6 Å². The lowest BCUT2D eigenvalue weighted by Gasteiger charge is -2.13. The number of pyridine rings is 1. The summed E-state index contributed by atoms with van der Waals surface area (Å²) in [5.74, 6) is -1.53. The summed E-state index contributed by atoms with van der Waals surface area (Å²) in [7, 11) is 0. The summed E-state index contributed by atoms with van der Waals surface area (Å²) in [4.78, 5) is 40.9. The highest BCUT2D eigenvalue weighted by Gasteiger charge is 2.16. The Bertz CT molecular complexity index is 1410. The van der Waals surface area contributed by atoms with Gasteiger partial charge in [0.2, 0.25) is 5.91 Å². The normalized spacial score (nSPS) is 10.4. The van der Waals surface area contributed by atoms with E-state index < -0.39 is 30.0 Å². The molecule has 0 fully saturated rings. The molecule has 1 aromatic heterocycles. The number of amides is 2. The molecule has 0 saturated carbocycles. The topological polar surface area (TPSA) is 108 Å². The van der Waals surface area contributed by atoms with E-state index in [1.54, 1.807) is 48.7 Å². The fraction of sp³-hybridized carbons (Fsp3) is 0.0370. The van der Waals surface area contributed by atoms with Crippen molar-refractivity contribution in [2.45, 2.75) is 6.42 Å². The van der Waals surface area contributed by atoms with Gasteiger partial charge in [0.05, 0.1) is 23.5 Å². The van der Waals surface area contributed by atoms with Crippen molar-refractivity contribution in [3.8, 4) is 22.4 Å². The minimum absolute atomic E-state index is 0.0931. The lowest BCUT2D eigenvalue weighted by atomic mass is 10.0. The summed E-state index contributed by atoms with van der Waals surface area (Å²) < 4.78 is 14.2. The Morgan fingerprint density at radius 3 is 2.34 bits per heavy atom. The quantitative estimate of drug-likeness (QED) is 0.232. The highest BCUT2D eigenvalue weighted by atomic mass is 19.1. The number of halogens is 1. The second kappa shape index (κ2) is 10.4. The first-order valence-electron chi connectivity index (χ1n) is 10.6. The van der Waals surface area contributed by atoms with Crippen molar-refractivity contribution >= 4 is 29.2 Å². The van der Waals surface area contributed by atoms with Crippen LogP contribution in [0.15, 0.2) is 91.1 Å². The van der Waals surface area contributed by atoms with E-state index in [4.69, 9.17) is 5.11 Å². The van der Waals surface area contributed by atoms with Crippen LogP contribution in [0.3, 0.4) is 0 Å². The van der Waals surface area contributed by atoms with E-state index in [1.165, 1.54) is 24.3 Å². The third kappa shape index (κ3) is 5.75. The van der Waals surface area contributed by atoms with Crippen LogP contribution in [0.25, 0.3) is 22.4 Å². The number of hydrogen-bond acceptors (Lipinski definition) is 4. The lowest BCUT2D eigenvalue weighted by molar-refractivity contribution is -0.115. The molecule has 0 aliphatic rings. The van der Waals surface area contributed by atoms with E-state index in [0.717, 1.165) is 5.56 Å². The largest absolute Gasteiger partial charge is 0.465 e. The monoisotopic (exact) mass is 469 g/mol. The van der Waals surface area contributed by atoms with Gasteiger partial charge in [0.25, 0.3) is 0 Å². The molecule has 0 bridgehead atoms. The van der Waals surface area contributed by atoms with E-state index >= 15 is 0 Å². The molecule has 0 spiro atoms. The minimum atomic E-state index is -1.33. The first-order chi connectivity index (χ1) is 16.9. The van der Waals surface area contributed by atoms with Crippen LogP contribution in [0.5, 0.6) is 0 Å². The van der Waals surface area contributed by atoms with Crippen LogP contribution in [-0.4, -0.2) is 27.9 Å². The van der Waals surface area contributed by atoms with Gasteiger partial charge >= 0.3 is 6.09 Å². The van der Waals surface area contributed by atoms with Crippen molar-refractivity contribution in [1.82, 2.24) is 4.98 Å². The molecule has 7 nitrogen and oxygen atoms in total. The third-order valence-electron chi connectivity index (χ3n) is 5.19. The Morgan fingerprint density at radius 1 is 0.800 bits per heavy atom. The van der Waals surface area contributed by atoms with E-state index in [1.807, 2.05) is 18.2 Å². The van der Waals surface area contributed by atoms with Gasteiger partial charge < -0.3 is 10.4 Å². The highest BCUT2D eigenvalue weighted by Crippen LogP contribution is 2.31. The van der Waals surface area contributed by atoms with E-state index in [0.29, 0.717) is 16.8 Å². The first-order valence-corrected chi connectivity index (χ1v) is 10.6. The molecule has 3 aromatic carbocycles. The average molecular weight is 469 g/mol. The minimum Gasteiger partial charge on any atom is -0.465 e. The SMILES string of the molecule is O=C(O)Nc1ccc(-c2ccccc2F)cc1NC(=O)CC(=O)c1cccc(-c2ccccn2)c1. The summed E-state index contributed by atoms with van der Waals surface area (Å²) in [6, 6.07) is 22.7. The molecule has 4 aromatic rings. The number of rotatable bonds is 7. The number of ketones is 1. The Hall–Kier alpha value is -4.85. The van der Waals surface area contributed by atoms with Crippen LogP contribution in [0.1, 0.15) is 16.8 Å². The molecular formula is C27H20FN3O4. The molecule has 2 amide bonds.